The molecule has 0 bridgehead atoms. The van der Waals surface area contributed by atoms with E-state index in [1.807, 2.05) is 0 Å². The van der Waals surface area contributed by atoms with Gasteiger partial charge in [-0.3, -0.25) is 0 Å². The third kappa shape index (κ3) is 8.11. The Morgan fingerprint density at radius 3 is 1.96 bits per heavy atom. The van der Waals surface area contributed by atoms with Crippen LogP contribution in [0, 0.1) is 0 Å². The lowest BCUT2D eigenvalue weighted by molar-refractivity contribution is -0.278. The predicted molar refractivity (Wildman–Crippen MR) is 181 cm³/mol. The van der Waals surface area contributed by atoms with Crippen LogP contribution in [0.5, 0.6) is 34.5 Å². The lowest BCUT2D eigenvalue weighted by Gasteiger charge is -2.39. The van der Waals surface area contributed by atoms with Gasteiger partial charge in [-0.1, -0.05) is 6.07 Å². The van der Waals surface area contributed by atoms with Gasteiger partial charge >= 0.3 is 17.3 Å². The van der Waals surface area contributed by atoms with Gasteiger partial charge in [0.25, 0.3) is 0 Å². The maximum atomic E-state index is 12.4. The molecule has 0 saturated carbocycles. The van der Waals surface area contributed by atoms with Crippen molar-refractivity contribution in [3.05, 3.63) is 72.3 Å². The Morgan fingerprint density at radius 1 is 0.685 bits per heavy atom. The van der Waals surface area contributed by atoms with Crippen molar-refractivity contribution < 1.29 is 89.1 Å². The number of hydrogen-bond donors (Lipinski definition) is 11. The number of hydrogen-bond acceptors (Lipinski definition) is 17. The molecule has 4 aromatic rings. The second-order valence-corrected chi connectivity index (χ2v) is 12.5. The molecule has 18 heteroatoms. The van der Waals surface area contributed by atoms with Crippen molar-refractivity contribution in [3.8, 4) is 45.8 Å². The highest BCUT2D eigenvalue weighted by atomic mass is 16.7. The van der Waals surface area contributed by atoms with Crippen LogP contribution in [0.3, 0.4) is 0 Å². The monoisotopic (exact) mass is 757 g/mol. The zero-order chi connectivity index (χ0) is 38.8. The summed E-state index contributed by atoms with van der Waals surface area (Å²) >= 11 is 0. The Bertz CT molecular complexity index is 1980. The summed E-state index contributed by atoms with van der Waals surface area (Å²) in [4.78, 5) is 12.4. The standard InChI is InChI=1S/C36H36O18/c37-13-25-28(43)30(45)32(47)35(53-25)51-23-11-18(39)10-22-19(23)12-24(34(50-22)16-3-5-17(38)6-4-16)52-36-33(48)31(46)29(44)26(54-36)14-49-27(42)8-2-15-1-7-20(40)21(41)9-15/h1-12,25-26,28-33,35-37,43-48H,13-14H2,(H3-,38,39,40,41,42)/p+1/t25-,26-,28-,29-,30+,31+,32-,33-,35-,36-/m1/s1. The first-order valence-electron chi connectivity index (χ1n) is 16.4. The van der Waals surface area contributed by atoms with Crippen LogP contribution in [0.4, 0.5) is 0 Å². The summed E-state index contributed by atoms with van der Waals surface area (Å²) in [5.74, 6) is -2.61. The molecule has 0 aliphatic carbocycles. The minimum atomic E-state index is -1.89. The number of phenolic OH excluding ortho intramolecular Hbond substituents is 4. The number of benzene rings is 3. The van der Waals surface area contributed by atoms with Crippen LogP contribution in [0.2, 0.25) is 0 Å². The lowest BCUT2D eigenvalue weighted by atomic mass is 9.99. The number of aromatic hydroxyl groups is 4. The van der Waals surface area contributed by atoms with Crippen molar-refractivity contribution in [1.82, 2.24) is 0 Å². The zero-order valence-electron chi connectivity index (χ0n) is 27.9. The molecule has 0 amide bonds. The van der Waals surface area contributed by atoms with E-state index in [0.29, 0.717) is 11.1 Å². The number of carbonyl (C=O) groups is 1. The van der Waals surface area contributed by atoms with Gasteiger partial charge in [-0.05, 0) is 48.0 Å². The minimum absolute atomic E-state index is 0.0362. The van der Waals surface area contributed by atoms with E-state index in [0.717, 1.165) is 12.1 Å². The first kappa shape index (κ1) is 38.4. The van der Waals surface area contributed by atoms with Crippen molar-refractivity contribution >= 4 is 23.0 Å². The van der Waals surface area contributed by atoms with Gasteiger partial charge in [0.05, 0.1) is 18.2 Å². The quantitative estimate of drug-likeness (QED) is 0.0433. The molecule has 2 saturated heterocycles. The highest BCUT2D eigenvalue weighted by Crippen LogP contribution is 2.42. The first-order valence-corrected chi connectivity index (χ1v) is 16.4. The van der Waals surface area contributed by atoms with Gasteiger partial charge in [-0.15, -0.1) is 0 Å². The summed E-state index contributed by atoms with van der Waals surface area (Å²) in [6.45, 7) is -1.36. The Kier molecular flexibility index (Phi) is 11.4. The highest BCUT2D eigenvalue weighted by Gasteiger charge is 2.47. The minimum Gasteiger partial charge on any atom is -0.508 e. The van der Waals surface area contributed by atoms with Gasteiger partial charge in [-0.2, -0.15) is 0 Å². The van der Waals surface area contributed by atoms with E-state index in [1.54, 1.807) is 0 Å². The van der Waals surface area contributed by atoms with Gasteiger partial charge in [0.15, 0.2) is 11.5 Å². The number of aliphatic hydroxyl groups is 7. The molecule has 0 radical (unpaired) electrons. The third-order valence-electron chi connectivity index (χ3n) is 8.73. The Hall–Kier alpha value is -5.28. The number of rotatable bonds is 10. The lowest BCUT2D eigenvalue weighted by Crippen LogP contribution is -2.60. The molecule has 1 aromatic heterocycles. The van der Waals surface area contributed by atoms with Crippen molar-refractivity contribution in [3.63, 3.8) is 0 Å². The molecule has 11 N–H and O–H groups in total. The molecule has 6 rings (SSSR count). The smallest absolute Gasteiger partial charge is 0.402 e. The normalized spacial score (nSPS) is 28.6. The summed E-state index contributed by atoms with van der Waals surface area (Å²) in [5.41, 5.74) is 0.617. The number of fused-ring (bicyclic) bond motifs is 1. The Balaban J connectivity index is 1.29. The maximum absolute atomic E-state index is 12.4. The SMILES string of the molecule is O=C(/C=C/c1ccc(O)c(O)c1)OC[C@H]1O[C@@H](Oc2cc3c(O[C@@H]4O[C@H](CO)[C@@H](O)[C@H](O)[C@H]4O)cc(O)cc3[o+]c2-c2ccc(O)cc2)[C@H](O)[C@@H](O)[C@@H]1O. The number of aliphatic hydroxyl groups excluding tert-OH is 7. The van der Waals surface area contributed by atoms with Crippen LogP contribution in [0.25, 0.3) is 28.4 Å². The van der Waals surface area contributed by atoms with Crippen LogP contribution in [0.1, 0.15) is 5.56 Å². The van der Waals surface area contributed by atoms with Crippen molar-refractivity contribution in [2.75, 3.05) is 13.2 Å². The zero-order valence-corrected chi connectivity index (χ0v) is 27.9. The molecule has 0 unspecified atom stereocenters. The van der Waals surface area contributed by atoms with Gasteiger partial charge < -0.3 is 79.9 Å². The first-order chi connectivity index (χ1) is 25.7. The fourth-order valence-corrected chi connectivity index (χ4v) is 5.76. The van der Waals surface area contributed by atoms with E-state index in [1.165, 1.54) is 60.7 Å². The summed E-state index contributed by atoms with van der Waals surface area (Å²) in [5, 5.41) is 113. The molecule has 18 nitrogen and oxygen atoms in total. The average molecular weight is 758 g/mol. The molecule has 0 spiro atoms. The van der Waals surface area contributed by atoms with Crippen LogP contribution in [-0.4, -0.2) is 137 Å². The number of phenols is 4. The molecule has 3 aromatic carbocycles. The molecule has 10 atom stereocenters. The van der Waals surface area contributed by atoms with Gasteiger partial charge in [0.2, 0.25) is 18.3 Å². The van der Waals surface area contributed by atoms with Gasteiger partial charge in [-0.25, -0.2) is 9.21 Å². The van der Waals surface area contributed by atoms with Crippen LogP contribution in [0.15, 0.2) is 71.2 Å². The van der Waals surface area contributed by atoms with Crippen LogP contribution >= 0.6 is 0 Å². The Morgan fingerprint density at radius 2 is 1.31 bits per heavy atom. The topological polar surface area (TPSA) is 297 Å². The fraction of sp³-hybridized carbons (Fsp3) is 0.333. The number of carbonyl (C=O) groups excluding carboxylic acids is 1. The van der Waals surface area contributed by atoms with Gasteiger partial charge in [0.1, 0.15) is 78.1 Å². The fourth-order valence-electron chi connectivity index (χ4n) is 5.76. The summed E-state index contributed by atoms with van der Waals surface area (Å²) in [7, 11) is 0. The van der Waals surface area contributed by atoms with E-state index in [-0.39, 0.29) is 45.5 Å². The van der Waals surface area contributed by atoms with E-state index >= 15 is 0 Å². The summed E-state index contributed by atoms with van der Waals surface area (Å²) in [6.07, 6.45) is -14.7. The summed E-state index contributed by atoms with van der Waals surface area (Å²) in [6, 6.07) is 13.0. The largest absolute Gasteiger partial charge is 0.508 e. The molecule has 2 fully saturated rings. The van der Waals surface area contributed by atoms with E-state index in [4.69, 9.17) is 28.1 Å². The van der Waals surface area contributed by atoms with Crippen molar-refractivity contribution in [2.45, 2.75) is 61.4 Å². The second-order valence-electron chi connectivity index (χ2n) is 12.5. The molecule has 2 aliphatic heterocycles. The van der Waals surface area contributed by atoms with Crippen molar-refractivity contribution in [2.24, 2.45) is 0 Å². The molecular weight excluding hydrogens is 720 g/mol. The van der Waals surface area contributed by atoms with E-state index in [9.17, 15) is 61.0 Å². The van der Waals surface area contributed by atoms with Crippen molar-refractivity contribution in [1.29, 1.82) is 0 Å². The second kappa shape index (κ2) is 16.0. The molecule has 54 heavy (non-hydrogen) atoms. The molecule has 3 heterocycles. The Labute approximate surface area is 304 Å². The maximum Gasteiger partial charge on any atom is 0.402 e. The number of ether oxygens (including phenoxy) is 5. The number of esters is 1. The highest BCUT2D eigenvalue weighted by molar-refractivity contribution is 5.89. The predicted octanol–water partition coefficient (Wildman–Crippen LogP) is -0.175. The van der Waals surface area contributed by atoms with E-state index in [2.05, 4.69) is 0 Å². The van der Waals surface area contributed by atoms with Crippen LogP contribution in [-0.2, 0) is 19.0 Å². The van der Waals surface area contributed by atoms with Gasteiger partial charge in [0, 0.05) is 18.2 Å². The average Bonchev–Trinajstić information content (AvgIpc) is 3.15. The molecule has 288 valence electrons. The van der Waals surface area contributed by atoms with Crippen LogP contribution < -0.4 is 9.47 Å². The molecular formula is C36H37O18+. The molecule has 2 aliphatic rings. The van der Waals surface area contributed by atoms with E-state index < -0.39 is 86.3 Å². The summed E-state index contributed by atoms with van der Waals surface area (Å²) < 4.78 is 34.3. The third-order valence-corrected chi connectivity index (χ3v) is 8.73.